The number of nitrogens with zero attached hydrogens (tertiary/aromatic N) is 2. The first-order valence-corrected chi connectivity index (χ1v) is 6.25. The van der Waals surface area contributed by atoms with E-state index in [2.05, 4.69) is 4.98 Å². The number of likely N-dealkylation sites (N-methyl/N-ethyl adjacent to an activating group) is 1. The number of nitrogens with two attached hydrogens (primary N) is 1. The molecule has 0 bridgehead atoms. The van der Waals surface area contributed by atoms with E-state index < -0.39 is 0 Å². The lowest BCUT2D eigenvalue weighted by atomic mass is 10.1. The number of hydrogen-bond donors (Lipinski definition) is 2. The van der Waals surface area contributed by atoms with Crippen LogP contribution in [0.3, 0.4) is 0 Å². The summed E-state index contributed by atoms with van der Waals surface area (Å²) in [6.45, 7) is 0.503. The SMILES string of the molecule is COc1cc(N)c2ccnc(N(C)CCO)c2c1OC. The molecule has 0 aliphatic carbocycles. The Kier molecular flexibility index (Phi) is 4.14. The van der Waals surface area contributed by atoms with Gasteiger partial charge in [-0.05, 0) is 6.07 Å². The predicted octanol–water partition coefficient (Wildman–Crippen LogP) is 1.26. The van der Waals surface area contributed by atoms with Gasteiger partial charge in [0.1, 0.15) is 5.82 Å². The fourth-order valence-corrected chi connectivity index (χ4v) is 2.22. The minimum Gasteiger partial charge on any atom is -0.493 e. The number of benzene rings is 1. The van der Waals surface area contributed by atoms with Gasteiger partial charge >= 0.3 is 0 Å². The molecule has 0 saturated carbocycles. The van der Waals surface area contributed by atoms with Crippen LogP contribution in [0.1, 0.15) is 0 Å². The number of methoxy groups -OCH3 is 2. The lowest BCUT2D eigenvalue weighted by Gasteiger charge is -2.21. The third-order valence-corrected chi connectivity index (χ3v) is 3.20. The number of hydrogen-bond acceptors (Lipinski definition) is 6. The summed E-state index contributed by atoms with van der Waals surface area (Å²) in [6.07, 6.45) is 1.69. The van der Waals surface area contributed by atoms with E-state index in [1.807, 2.05) is 18.0 Å². The molecule has 1 heterocycles. The summed E-state index contributed by atoms with van der Waals surface area (Å²) >= 11 is 0. The quantitative estimate of drug-likeness (QED) is 0.801. The first kappa shape index (κ1) is 14.2. The second-order valence-corrected chi connectivity index (χ2v) is 4.40. The molecular weight excluding hydrogens is 258 g/mol. The van der Waals surface area contributed by atoms with Crippen LogP contribution in [-0.2, 0) is 0 Å². The van der Waals surface area contributed by atoms with Crippen LogP contribution in [0.4, 0.5) is 11.5 Å². The minimum atomic E-state index is 0.0380. The van der Waals surface area contributed by atoms with Gasteiger partial charge in [-0.1, -0.05) is 0 Å². The van der Waals surface area contributed by atoms with E-state index in [1.54, 1.807) is 26.5 Å². The van der Waals surface area contributed by atoms with Crippen LogP contribution in [0.25, 0.3) is 10.8 Å². The monoisotopic (exact) mass is 277 g/mol. The Balaban J connectivity index is 2.79. The fourth-order valence-electron chi connectivity index (χ4n) is 2.22. The highest BCUT2D eigenvalue weighted by atomic mass is 16.5. The van der Waals surface area contributed by atoms with Gasteiger partial charge in [0.15, 0.2) is 11.5 Å². The molecule has 108 valence electrons. The maximum Gasteiger partial charge on any atom is 0.172 e. The zero-order chi connectivity index (χ0) is 14.7. The van der Waals surface area contributed by atoms with Crippen molar-refractivity contribution in [1.29, 1.82) is 0 Å². The minimum absolute atomic E-state index is 0.0380. The van der Waals surface area contributed by atoms with E-state index in [4.69, 9.17) is 20.3 Å². The van der Waals surface area contributed by atoms with Crippen LogP contribution in [0, 0.1) is 0 Å². The summed E-state index contributed by atoms with van der Waals surface area (Å²) in [5.41, 5.74) is 6.66. The lowest BCUT2D eigenvalue weighted by molar-refractivity contribution is 0.304. The molecule has 0 unspecified atom stereocenters. The highest BCUT2D eigenvalue weighted by Gasteiger charge is 2.18. The zero-order valence-corrected chi connectivity index (χ0v) is 11.9. The summed E-state index contributed by atoms with van der Waals surface area (Å²) < 4.78 is 10.8. The molecule has 0 radical (unpaired) electrons. The Bertz CT molecular complexity index is 616. The van der Waals surface area contributed by atoms with Crippen LogP contribution in [0.2, 0.25) is 0 Å². The molecule has 1 aromatic heterocycles. The van der Waals surface area contributed by atoms with E-state index in [0.29, 0.717) is 29.5 Å². The molecule has 20 heavy (non-hydrogen) atoms. The van der Waals surface area contributed by atoms with E-state index in [1.165, 1.54) is 0 Å². The number of aliphatic hydroxyl groups excluding tert-OH is 1. The van der Waals surface area contributed by atoms with E-state index in [0.717, 1.165) is 10.8 Å². The molecule has 0 atom stereocenters. The Hall–Kier alpha value is -2.21. The average molecular weight is 277 g/mol. The average Bonchev–Trinajstić information content (AvgIpc) is 2.46. The van der Waals surface area contributed by atoms with Crippen molar-refractivity contribution in [2.24, 2.45) is 0 Å². The molecule has 0 saturated heterocycles. The molecule has 2 aromatic rings. The van der Waals surface area contributed by atoms with Gasteiger partial charge in [0.25, 0.3) is 0 Å². The molecule has 0 aliphatic heterocycles. The van der Waals surface area contributed by atoms with Crippen LogP contribution >= 0.6 is 0 Å². The first-order chi connectivity index (χ1) is 9.63. The zero-order valence-electron chi connectivity index (χ0n) is 11.9. The van der Waals surface area contributed by atoms with Crippen molar-refractivity contribution >= 4 is 22.3 Å². The van der Waals surface area contributed by atoms with Gasteiger partial charge in [-0.2, -0.15) is 0 Å². The lowest BCUT2D eigenvalue weighted by Crippen LogP contribution is -2.22. The van der Waals surface area contributed by atoms with E-state index in [-0.39, 0.29) is 6.61 Å². The molecule has 6 nitrogen and oxygen atoms in total. The molecule has 3 N–H and O–H groups in total. The number of rotatable bonds is 5. The van der Waals surface area contributed by atoms with Crippen LogP contribution < -0.4 is 20.1 Å². The normalized spacial score (nSPS) is 10.6. The Morgan fingerprint density at radius 2 is 2.10 bits per heavy atom. The van der Waals surface area contributed by atoms with Crippen molar-refractivity contribution in [3.8, 4) is 11.5 Å². The molecule has 2 rings (SSSR count). The third-order valence-electron chi connectivity index (χ3n) is 3.20. The highest BCUT2D eigenvalue weighted by Crippen LogP contribution is 2.42. The molecule has 0 fully saturated rings. The number of anilines is 2. The van der Waals surface area contributed by atoms with E-state index >= 15 is 0 Å². The highest BCUT2D eigenvalue weighted by molar-refractivity contribution is 6.05. The van der Waals surface area contributed by atoms with Gasteiger partial charge in [-0.15, -0.1) is 0 Å². The maximum absolute atomic E-state index is 9.10. The maximum atomic E-state index is 9.10. The largest absolute Gasteiger partial charge is 0.493 e. The number of fused-ring (bicyclic) bond motifs is 1. The van der Waals surface area contributed by atoms with Crippen LogP contribution in [0.15, 0.2) is 18.3 Å². The van der Waals surface area contributed by atoms with E-state index in [9.17, 15) is 0 Å². The summed E-state index contributed by atoms with van der Waals surface area (Å²) in [5.74, 6) is 1.84. The predicted molar refractivity (Wildman–Crippen MR) is 79.6 cm³/mol. The topological polar surface area (TPSA) is 80.8 Å². The smallest absolute Gasteiger partial charge is 0.172 e. The van der Waals surface area contributed by atoms with Crippen molar-refractivity contribution in [2.45, 2.75) is 0 Å². The Labute approximate surface area is 117 Å². The van der Waals surface area contributed by atoms with Gasteiger partial charge in [-0.3, -0.25) is 0 Å². The first-order valence-electron chi connectivity index (χ1n) is 6.25. The van der Waals surface area contributed by atoms with Gasteiger partial charge in [-0.25, -0.2) is 4.98 Å². The number of pyridine rings is 1. The van der Waals surface area contributed by atoms with Crippen molar-refractivity contribution in [3.63, 3.8) is 0 Å². The molecular formula is C14H19N3O3. The number of aromatic nitrogens is 1. The van der Waals surface area contributed by atoms with Crippen molar-refractivity contribution in [1.82, 2.24) is 4.98 Å². The van der Waals surface area contributed by atoms with Gasteiger partial charge in [0, 0.05) is 36.9 Å². The number of aliphatic hydroxyl groups is 1. The van der Waals surface area contributed by atoms with Crippen molar-refractivity contribution in [3.05, 3.63) is 18.3 Å². The summed E-state index contributed by atoms with van der Waals surface area (Å²) in [5, 5.41) is 10.7. The second kappa shape index (κ2) is 5.83. The molecule has 0 spiro atoms. The molecule has 0 aliphatic rings. The summed E-state index contributed by atoms with van der Waals surface area (Å²) in [6, 6.07) is 3.57. The Morgan fingerprint density at radius 1 is 1.35 bits per heavy atom. The van der Waals surface area contributed by atoms with Gasteiger partial charge in [0.05, 0.1) is 26.2 Å². The van der Waals surface area contributed by atoms with Gasteiger partial charge in [0.2, 0.25) is 0 Å². The standard InChI is InChI=1S/C14H19N3O3/c1-17(6-7-18)14-12-9(4-5-16-14)10(15)8-11(19-2)13(12)20-3/h4-5,8,18H,6-7,15H2,1-3H3. The summed E-state index contributed by atoms with van der Waals surface area (Å²) in [4.78, 5) is 6.23. The van der Waals surface area contributed by atoms with Crippen LogP contribution in [-0.4, -0.2) is 44.5 Å². The van der Waals surface area contributed by atoms with Crippen molar-refractivity contribution < 1.29 is 14.6 Å². The number of ether oxygens (including phenoxy) is 2. The molecule has 0 amide bonds. The van der Waals surface area contributed by atoms with Crippen LogP contribution in [0.5, 0.6) is 11.5 Å². The number of nitrogen functional groups attached to an aromatic ring is 1. The van der Waals surface area contributed by atoms with Crippen molar-refractivity contribution in [2.75, 3.05) is 45.1 Å². The second-order valence-electron chi connectivity index (χ2n) is 4.40. The summed E-state index contributed by atoms with van der Waals surface area (Å²) in [7, 11) is 5.00. The van der Waals surface area contributed by atoms with Gasteiger partial charge < -0.3 is 25.2 Å². The fraction of sp³-hybridized carbons (Fsp3) is 0.357. The molecule has 6 heteroatoms. The third kappa shape index (κ3) is 2.30. The Morgan fingerprint density at radius 3 is 2.70 bits per heavy atom. The molecule has 1 aromatic carbocycles.